The lowest BCUT2D eigenvalue weighted by atomic mass is 9.89. The maximum Gasteiger partial charge on any atom is 0.113 e. The zero-order valence-corrected chi connectivity index (χ0v) is 9.17. The molecule has 2 heterocycles. The Hall–Kier alpha value is -0.900. The quantitative estimate of drug-likeness (QED) is 0.820. The maximum absolute atomic E-state index is 14.2. The highest BCUT2D eigenvalue weighted by molar-refractivity contribution is 5.01. The summed E-state index contributed by atoms with van der Waals surface area (Å²) < 4.78 is 16.1. The number of hydrogen-bond donors (Lipinski definition) is 1. The van der Waals surface area contributed by atoms with Crippen LogP contribution in [0.3, 0.4) is 0 Å². The van der Waals surface area contributed by atoms with Crippen LogP contribution in [0.4, 0.5) is 4.39 Å². The fourth-order valence-corrected chi connectivity index (χ4v) is 2.12. The van der Waals surface area contributed by atoms with Crippen molar-refractivity contribution in [3.05, 3.63) is 18.0 Å². The molecule has 0 amide bonds. The zero-order valence-electron chi connectivity index (χ0n) is 9.17. The number of piperidine rings is 1. The first-order valence-corrected chi connectivity index (χ1v) is 5.56. The SMILES string of the molecule is Cn1nccc1CCC1(F)CCNCC1. The van der Waals surface area contributed by atoms with Crippen molar-refractivity contribution in [3.8, 4) is 0 Å². The van der Waals surface area contributed by atoms with Crippen molar-refractivity contribution >= 4 is 0 Å². The first-order chi connectivity index (χ1) is 7.20. The molecule has 0 saturated carbocycles. The fourth-order valence-electron chi connectivity index (χ4n) is 2.12. The van der Waals surface area contributed by atoms with Crippen LogP contribution in [0.1, 0.15) is 25.0 Å². The van der Waals surface area contributed by atoms with E-state index in [1.54, 1.807) is 6.20 Å². The Kier molecular flexibility index (Phi) is 3.05. The van der Waals surface area contributed by atoms with Gasteiger partial charge in [-0.3, -0.25) is 4.68 Å². The molecule has 4 heteroatoms. The number of rotatable bonds is 3. The molecule has 0 aliphatic carbocycles. The van der Waals surface area contributed by atoms with Gasteiger partial charge in [-0.15, -0.1) is 0 Å². The van der Waals surface area contributed by atoms with E-state index >= 15 is 0 Å². The Morgan fingerprint density at radius 3 is 2.87 bits per heavy atom. The van der Waals surface area contributed by atoms with Crippen LogP contribution >= 0.6 is 0 Å². The Balaban J connectivity index is 1.89. The van der Waals surface area contributed by atoms with Gasteiger partial charge in [-0.05, 0) is 44.8 Å². The summed E-state index contributed by atoms with van der Waals surface area (Å²) in [6, 6.07) is 1.96. The summed E-state index contributed by atoms with van der Waals surface area (Å²) in [7, 11) is 1.91. The molecule has 84 valence electrons. The van der Waals surface area contributed by atoms with Gasteiger partial charge in [0.25, 0.3) is 0 Å². The van der Waals surface area contributed by atoms with Crippen LogP contribution in [0.15, 0.2) is 12.3 Å². The Morgan fingerprint density at radius 1 is 1.53 bits per heavy atom. The van der Waals surface area contributed by atoms with E-state index in [4.69, 9.17) is 0 Å². The largest absolute Gasteiger partial charge is 0.316 e. The van der Waals surface area contributed by atoms with Gasteiger partial charge in [-0.1, -0.05) is 0 Å². The smallest absolute Gasteiger partial charge is 0.113 e. The van der Waals surface area contributed by atoms with E-state index in [1.165, 1.54) is 0 Å². The zero-order chi connectivity index (χ0) is 10.7. The number of nitrogens with zero attached hydrogens (tertiary/aromatic N) is 2. The molecule has 0 unspecified atom stereocenters. The molecule has 15 heavy (non-hydrogen) atoms. The van der Waals surface area contributed by atoms with Crippen LogP contribution in [-0.4, -0.2) is 28.5 Å². The lowest BCUT2D eigenvalue weighted by molar-refractivity contribution is 0.105. The summed E-state index contributed by atoms with van der Waals surface area (Å²) in [4.78, 5) is 0. The summed E-state index contributed by atoms with van der Waals surface area (Å²) >= 11 is 0. The topological polar surface area (TPSA) is 29.9 Å². The number of halogens is 1. The predicted octanol–water partition coefficient (Wildman–Crippen LogP) is 1.44. The van der Waals surface area contributed by atoms with Crippen molar-refractivity contribution < 1.29 is 4.39 Å². The second kappa shape index (κ2) is 4.31. The van der Waals surface area contributed by atoms with Gasteiger partial charge in [-0.25, -0.2) is 4.39 Å². The van der Waals surface area contributed by atoms with Crippen LogP contribution < -0.4 is 5.32 Å². The molecular weight excluding hydrogens is 193 g/mol. The van der Waals surface area contributed by atoms with Crippen LogP contribution in [0.2, 0.25) is 0 Å². The Morgan fingerprint density at radius 2 is 2.27 bits per heavy atom. The first kappa shape index (κ1) is 10.6. The third-order valence-electron chi connectivity index (χ3n) is 3.25. The lowest BCUT2D eigenvalue weighted by Crippen LogP contribution is -2.39. The second-order valence-electron chi connectivity index (χ2n) is 4.35. The normalized spacial score (nSPS) is 20.4. The monoisotopic (exact) mass is 211 g/mol. The number of alkyl halides is 1. The van der Waals surface area contributed by atoms with Gasteiger partial charge in [0, 0.05) is 18.9 Å². The summed E-state index contributed by atoms with van der Waals surface area (Å²) in [5.41, 5.74) is 0.153. The molecule has 1 aromatic heterocycles. The number of hydrogen-bond acceptors (Lipinski definition) is 2. The first-order valence-electron chi connectivity index (χ1n) is 5.56. The van der Waals surface area contributed by atoms with Crippen LogP contribution in [-0.2, 0) is 13.5 Å². The van der Waals surface area contributed by atoms with Gasteiger partial charge in [0.05, 0.1) is 0 Å². The minimum Gasteiger partial charge on any atom is -0.316 e. The summed E-state index contributed by atoms with van der Waals surface area (Å²) in [5, 5.41) is 7.27. The molecule has 0 aromatic carbocycles. The average Bonchev–Trinajstić information content (AvgIpc) is 2.62. The molecule has 1 aromatic rings. The fraction of sp³-hybridized carbons (Fsp3) is 0.727. The Labute approximate surface area is 89.7 Å². The van der Waals surface area contributed by atoms with Crippen molar-refractivity contribution in [1.82, 2.24) is 15.1 Å². The van der Waals surface area contributed by atoms with Gasteiger partial charge < -0.3 is 5.32 Å². The Bertz CT molecular complexity index is 315. The molecule has 0 atom stereocenters. The van der Waals surface area contributed by atoms with Crippen LogP contribution in [0.25, 0.3) is 0 Å². The summed E-state index contributed by atoms with van der Waals surface area (Å²) in [6.07, 6.45) is 4.46. The highest BCUT2D eigenvalue weighted by atomic mass is 19.1. The molecule has 1 aliphatic heterocycles. The lowest BCUT2D eigenvalue weighted by Gasteiger charge is -2.29. The molecule has 1 fully saturated rings. The van der Waals surface area contributed by atoms with Gasteiger partial charge in [0.1, 0.15) is 5.67 Å². The number of nitrogens with one attached hydrogen (secondary N) is 1. The van der Waals surface area contributed by atoms with E-state index in [-0.39, 0.29) is 0 Å². The summed E-state index contributed by atoms with van der Waals surface area (Å²) in [5.74, 6) is 0. The maximum atomic E-state index is 14.2. The van der Waals surface area contributed by atoms with Gasteiger partial charge in [0.15, 0.2) is 0 Å². The van der Waals surface area contributed by atoms with Crippen LogP contribution in [0.5, 0.6) is 0 Å². The highest BCUT2D eigenvalue weighted by Crippen LogP contribution is 2.28. The number of aryl methyl sites for hydroxylation is 2. The van der Waals surface area contributed by atoms with Crippen molar-refractivity contribution in [3.63, 3.8) is 0 Å². The molecule has 1 N–H and O–H groups in total. The highest BCUT2D eigenvalue weighted by Gasteiger charge is 2.31. The second-order valence-corrected chi connectivity index (χ2v) is 4.35. The van der Waals surface area contributed by atoms with Gasteiger partial charge >= 0.3 is 0 Å². The van der Waals surface area contributed by atoms with Gasteiger partial charge in [0.2, 0.25) is 0 Å². The molecule has 2 rings (SSSR count). The molecular formula is C11H18FN3. The van der Waals surface area contributed by atoms with Crippen LogP contribution in [0, 0.1) is 0 Å². The molecule has 1 saturated heterocycles. The van der Waals surface area contributed by atoms with E-state index in [2.05, 4.69) is 10.4 Å². The van der Waals surface area contributed by atoms with E-state index in [0.717, 1.165) is 25.2 Å². The molecule has 0 bridgehead atoms. The third kappa shape index (κ3) is 2.56. The van der Waals surface area contributed by atoms with Crippen molar-refractivity contribution in [2.75, 3.05) is 13.1 Å². The average molecular weight is 211 g/mol. The standard InChI is InChI=1S/C11H18FN3/c1-15-10(3-7-14-15)2-4-11(12)5-8-13-9-6-11/h3,7,13H,2,4-6,8-9H2,1H3. The van der Waals surface area contributed by atoms with E-state index < -0.39 is 5.67 Å². The van der Waals surface area contributed by atoms with Crippen molar-refractivity contribution in [1.29, 1.82) is 0 Å². The molecule has 0 spiro atoms. The minimum atomic E-state index is -0.963. The molecule has 0 radical (unpaired) electrons. The molecule has 1 aliphatic rings. The predicted molar refractivity (Wildman–Crippen MR) is 57.5 cm³/mol. The number of aromatic nitrogens is 2. The van der Waals surface area contributed by atoms with E-state index in [1.807, 2.05) is 17.8 Å². The third-order valence-corrected chi connectivity index (χ3v) is 3.25. The van der Waals surface area contributed by atoms with E-state index in [9.17, 15) is 4.39 Å². The summed E-state index contributed by atoms with van der Waals surface area (Å²) in [6.45, 7) is 1.61. The van der Waals surface area contributed by atoms with E-state index in [0.29, 0.717) is 19.3 Å². The molecule has 3 nitrogen and oxygen atoms in total. The van der Waals surface area contributed by atoms with Crippen molar-refractivity contribution in [2.45, 2.75) is 31.4 Å². The van der Waals surface area contributed by atoms with Crippen molar-refractivity contribution in [2.24, 2.45) is 7.05 Å². The minimum absolute atomic E-state index is 0.619. The van der Waals surface area contributed by atoms with Gasteiger partial charge in [-0.2, -0.15) is 5.10 Å².